The molecule has 1 rings (SSSR count). The first-order valence-corrected chi connectivity index (χ1v) is 5.74. The first-order chi connectivity index (χ1) is 8.95. The van der Waals surface area contributed by atoms with Gasteiger partial charge in [0.2, 0.25) is 5.70 Å². The van der Waals surface area contributed by atoms with E-state index in [0.717, 1.165) is 5.56 Å². The number of ether oxygens (including phenoxy) is 1. The Bertz CT molecular complexity index is 531. The summed E-state index contributed by atoms with van der Waals surface area (Å²) in [7, 11) is 0. The summed E-state index contributed by atoms with van der Waals surface area (Å²) in [6.45, 7) is 4.95. The van der Waals surface area contributed by atoms with E-state index in [1.54, 1.807) is 19.1 Å². The standard InChI is InChI=1S/C13H16N2O4/c1-4-19-13(18)12(9(3)16)15-14-10-7-8(2)5-6-11(10)17/h5-7,16-17H,4H2,1-3H3. The topological polar surface area (TPSA) is 91.5 Å². The molecule has 1 aromatic carbocycles. The molecule has 0 heterocycles. The van der Waals surface area contributed by atoms with E-state index in [2.05, 4.69) is 10.2 Å². The van der Waals surface area contributed by atoms with Crippen molar-refractivity contribution in [2.75, 3.05) is 6.61 Å². The zero-order chi connectivity index (χ0) is 14.4. The van der Waals surface area contributed by atoms with Crippen molar-refractivity contribution in [2.24, 2.45) is 10.2 Å². The van der Waals surface area contributed by atoms with Crippen LogP contribution in [0.15, 0.2) is 39.9 Å². The molecule has 0 aliphatic carbocycles. The molecule has 0 saturated heterocycles. The van der Waals surface area contributed by atoms with Crippen LogP contribution in [-0.2, 0) is 9.53 Å². The van der Waals surface area contributed by atoms with Crippen LogP contribution in [0.25, 0.3) is 0 Å². The summed E-state index contributed by atoms with van der Waals surface area (Å²) in [6, 6.07) is 4.80. The van der Waals surface area contributed by atoms with E-state index in [1.807, 2.05) is 6.92 Å². The van der Waals surface area contributed by atoms with Gasteiger partial charge in [0.1, 0.15) is 17.2 Å². The Hall–Kier alpha value is -2.37. The van der Waals surface area contributed by atoms with Gasteiger partial charge >= 0.3 is 5.97 Å². The lowest BCUT2D eigenvalue weighted by atomic mass is 10.2. The largest absolute Gasteiger partial charge is 0.510 e. The lowest BCUT2D eigenvalue weighted by Crippen LogP contribution is -2.07. The van der Waals surface area contributed by atoms with Crippen molar-refractivity contribution < 1.29 is 19.7 Å². The zero-order valence-corrected chi connectivity index (χ0v) is 11.0. The molecule has 0 atom stereocenters. The number of hydrogen-bond acceptors (Lipinski definition) is 6. The molecule has 1 aromatic rings. The van der Waals surface area contributed by atoms with Crippen LogP contribution in [0.1, 0.15) is 19.4 Å². The third kappa shape index (κ3) is 4.09. The number of hydrogen-bond donors (Lipinski definition) is 2. The van der Waals surface area contributed by atoms with Gasteiger partial charge in [0.15, 0.2) is 0 Å². The SMILES string of the molecule is CCOC(=O)C(N=Nc1cc(C)ccc1O)=C(C)O. The first kappa shape index (κ1) is 14.7. The van der Waals surface area contributed by atoms with Crippen LogP contribution in [-0.4, -0.2) is 22.8 Å². The first-order valence-electron chi connectivity index (χ1n) is 5.74. The molecule has 2 N–H and O–H groups in total. The van der Waals surface area contributed by atoms with Crippen molar-refractivity contribution in [1.29, 1.82) is 0 Å². The fourth-order valence-electron chi connectivity index (χ4n) is 1.28. The minimum atomic E-state index is -0.765. The molecule has 0 saturated carbocycles. The van der Waals surface area contributed by atoms with Crippen molar-refractivity contribution in [1.82, 2.24) is 0 Å². The number of benzene rings is 1. The minimum absolute atomic E-state index is 0.0619. The second-order valence-electron chi connectivity index (χ2n) is 3.85. The smallest absolute Gasteiger partial charge is 0.362 e. The Kier molecular flexibility index (Phi) is 5.05. The molecule has 0 unspecified atom stereocenters. The molecular weight excluding hydrogens is 248 g/mol. The second-order valence-corrected chi connectivity index (χ2v) is 3.85. The number of aromatic hydroxyl groups is 1. The molecule has 6 heteroatoms. The summed E-state index contributed by atoms with van der Waals surface area (Å²) in [4.78, 5) is 11.5. The van der Waals surface area contributed by atoms with Crippen molar-refractivity contribution in [2.45, 2.75) is 20.8 Å². The maximum Gasteiger partial charge on any atom is 0.362 e. The number of aliphatic hydroxyl groups is 1. The Morgan fingerprint density at radius 2 is 2.11 bits per heavy atom. The monoisotopic (exact) mass is 264 g/mol. The number of nitrogens with zero attached hydrogens (tertiary/aromatic N) is 2. The van der Waals surface area contributed by atoms with E-state index in [0.29, 0.717) is 0 Å². The number of aliphatic hydroxyl groups excluding tert-OH is 1. The Balaban J connectivity index is 3.04. The predicted octanol–water partition coefficient (Wildman–Crippen LogP) is 3.14. The number of phenols is 1. The van der Waals surface area contributed by atoms with Gasteiger partial charge in [-0.25, -0.2) is 4.79 Å². The molecule has 0 spiro atoms. The highest BCUT2D eigenvalue weighted by Gasteiger charge is 2.14. The number of carbonyl (C=O) groups is 1. The molecule has 0 bridgehead atoms. The van der Waals surface area contributed by atoms with Crippen molar-refractivity contribution in [3.8, 4) is 5.75 Å². The summed E-state index contributed by atoms with van der Waals surface area (Å²) in [5, 5.41) is 26.3. The highest BCUT2D eigenvalue weighted by molar-refractivity contribution is 5.88. The summed E-state index contributed by atoms with van der Waals surface area (Å²) in [5.41, 5.74) is 0.805. The highest BCUT2D eigenvalue weighted by atomic mass is 16.5. The average molecular weight is 264 g/mol. The Morgan fingerprint density at radius 3 is 2.68 bits per heavy atom. The predicted molar refractivity (Wildman–Crippen MR) is 69.3 cm³/mol. The van der Waals surface area contributed by atoms with E-state index in [1.165, 1.54) is 13.0 Å². The van der Waals surface area contributed by atoms with Gasteiger partial charge in [-0.3, -0.25) is 0 Å². The molecule has 0 aliphatic rings. The van der Waals surface area contributed by atoms with Crippen LogP contribution in [0.3, 0.4) is 0 Å². The fourth-order valence-corrected chi connectivity index (χ4v) is 1.28. The molecule has 0 aliphatic heterocycles. The summed E-state index contributed by atoms with van der Waals surface area (Å²) in [5.74, 6) is -1.12. The van der Waals surface area contributed by atoms with Gasteiger partial charge < -0.3 is 14.9 Å². The number of azo groups is 1. The molecule has 0 fully saturated rings. The average Bonchev–Trinajstić information content (AvgIpc) is 2.33. The quantitative estimate of drug-likeness (QED) is 0.378. The fraction of sp³-hybridized carbons (Fsp3) is 0.308. The van der Waals surface area contributed by atoms with Crippen molar-refractivity contribution >= 4 is 11.7 Å². The molecule has 19 heavy (non-hydrogen) atoms. The van der Waals surface area contributed by atoms with Gasteiger partial charge in [0.25, 0.3) is 0 Å². The Labute approximate surface area is 111 Å². The number of carbonyl (C=O) groups excluding carboxylic acids is 1. The number of esters is 1. The van der Waals surface area contributed by atoms with Crippen molar-refractivity contribution in [3.05, 3.63) is 35.2 Å². The van der Waals surface area contributed by atoms with E-state index in [4.69, 9.17) is 4.74 Å². The van der Waals surface area contributed by atoms with E-state index >= 15 is 0 Å². The zero-order valence-electron chi connectivity index (χ0n) is 11.0. The second kappa shape index (κ2) is 6.53. The van der Waals surface area contributed by atoms with Crippen LogP contribution in [0.5, 0.6) is 5.75 Å². The number of rotatable bonds is 4. The third-order valence-electron chi connectivity index (χ3n) is 2.20. The number of aryl methyl sites for hydroxylation is 1. The molecule has 6 nitrogen and oxygen atoms in total. The van der Waals surface area contributed by atoms with Crippen LogP contribution >= 0.6 is 0 Å². The summed E-state index contributed by atoms with van der Waals surface area (Å²) < 4.78 is 4.73. The van der Waals surface area contributed by atoms with Gasteiger partial charge in [-0.15, -0.1) is 10.2 Å². The third-order valence-corrected chi connectivity index (χ3v) is 2.20. The molecular formula is C13H16N2O4. The maximum absolute atomic E-state index is 11.5. The minimum Gasteiger partial charge on any atom is -0.510 e. The molecule has 0 aromatic heterocycles. The van der Waals surface area contributed by atoms with Gasteiger partial charge in [-0.1, -0.05) is 6.07 Å². The molecule has 102 valence electrons. The van der Waals surface area contributed by atoms with Gasteiger partial charge in [0.05, 0.1) is 6.61 Å². The Morgan fingerprint density at radius 1 is 1.42 bits per heavy atom. The maximum atomic E-state index is 11.5. The van der Waals surface area contributed by atoms with Crippen LogP contribution in [0, 0.1) is 6.92 Å². The van der Waals surface area contributed by atoms with Crippen LogP contribution in [0.4, 0.5) is 5.69 Å². The summed E-state index contributed by atoms with van der Waals surface area (Å²) >= 11 is 0. The van der Waals surface area contributed by atoms with E-state index < -0.39 is 5.97 Å². The lowest BCUT2D eigenvalue weighted by Gasteiger charge is -2.03. The van der Waals surface area contributed by atoms with Gasteiger partial charge in [-0.2, -0.15) is 0 Å². The summed E-state index contributed by atoms with van der Waals surface area (Å²) in [6.07, 6.45) is 0. The number of allylic oxidation sites excluding steroid dienone is 1. The molecule has 0 radical (unpaired) electrons. The highest BCUT2D eigenvalue weighted by Crippen LogP contribution is 2.28. The lowest BCUT2D eigenvalue weighted by molar-refractivity contribution is -0.138. The van der Waals surface area contributed by atoms with E-state index in [9.17, 15) is 15.0 Å². The van der Waals surface area contributed by atoms with Crippen LogP contribution < -0.4 is 0 Å². The van der Waals surface area contributed by atoms with E-state index in [-0.39, 0.29) is 29.5 Å². The van der Waals surface area contributed by atoms with Crippen molar-refractivity contribution in [3.63, 3.8) is 0 Å². The molecule has 0 amide bonds. The number of phenolic OH excluding ortho intramolecular Hbond substituents is 1. The van der Waals surface area contributed by atoms with Crippen LogP contribution in [0.2, 0.25) is 0 Å². The van der Waals surface area contributed by atoms with Gasteiger partial charge in [-0.05, 0) is 38.5 Å². The van der Waals surface area contributed by atoms with Gasteiger partial charge in [0, 0.05) is 0 Å². The normalized spacial score (nSPS) is 12.4.